The molecule has 23 heavy (non-hydrogen) atoms. The third-order valence-corrected chi connectivity index (χ3v) is 4.39. The smallest absolute Gasteiger partial charge is 0.231 e. The van der Waals surface area contributed by atoms with Crippen LogP contribution in [0, 0.1) is 12.8 Å². The normalized spacial score (nSPS) is 12.9. The zero-order chi connectivity index (χ0) is 16.3. The Labute approximate surface area is 148 Å². The lowest BCUT2D eigenvalue weighted by molar-refractivity contribution is -0.122. The molecule has 3 nitrogen and oxygen atoms in total. The largest absolute Gasteiger partial charge is 0.323 e. The average molecular weight is 353 g/mol. The summed E-state index contributed by atoms with van der Waals surface area (Å²) in [5.74, 6) is -0.358. The van der Waals surface area contributed by atoms with Crippen molar-refractivity contribution in [1.29, 1.82) is 0 Å². The van der Waals surface area contributed by atoms with Crippen LogP contribution in [0.2, 0.25) is 5.02 Å². The highest BCUT2D eigenvalue weighted by atomic mass is 35.5. The van der Waals surface area contributed by atoms with Gasteiger partial charge in [-0.1, -0.05) is 54.9 Å². The predicted molar refractivity (Wildman–Crippen MR) is 99.4 cm³/mol. The number of hydrogen-bond acceptors (Lipinski definition) is 2. The van der Waals surface area contributed by atoms with Gasteiger partial charge < -0.3 is 10.6 Å². The number of carbonyl (C=O) groups excluding carboxylic acids is 1. The lowest BCUT2D eigenvalue weighted by Gasteiger charge is -2.26. The van der Waals surface area contributed by atoms with Crippen LogP contribution < -0.4 is 10.6 Å². The van der Waals surface area contributed by atoms with Crippen LogP contribution in [0.25, 0.3) is 0 Å². The van der Waals surface area contributed by atoms with E-state index in [0.717, 1.165) is 16.8 Å². The SMILES string of the molecule is Cc1ccc(N(C)C(=O)C(C)C(N)c2ccccc2)cc1Cl.Cl. The number of amides is 1. The minimum absolute atomic E-state index is 0. The first kappa shape index (κ1) is 19.5. The molecule has 5 heteroatoms. The molecule has 0 saturated heterocycles. The fraction of sp³-hybridized carbons (Fsp3) is 0.278. The summed E-state index contributed by atoms with van der Waals surface area (Å²) in [5, 5.41) is 0.650. The van der Waals surface area contributed by atoms with Gasteiger partial charge in [0.05, 0.1) is 5.92 Å². The summed E-state index contributed by atoms with van der Waals surface area (Å²) in [6.07, 6.45) is 0. The van der Waals surface area contributed by atoms with Gasteiger partial charge in [0.25, 0.3) is 0 Å². The summed E-state index contributed by atoms with van der Waals surface area (Å²) in [7, 11) is 1.75. The van der Waals surface area contributed by atoms with Gasteiger partial charge in [-0.25, -0.2) is 0 Å². The molecule has 0 aromatic heterocycles. The van der Waals surface area contributed by atoms with E-state index < -0.39 is 0 Å². The first-order valence-corrected chi connectivity index (χ1v) is 7.64. The van der Waals surface area contributed by atoms with Gasteiger partial charge in [0.1, 0.15) is 0 Å². The van der Waals surface area contributed by atoms with Crippen molar-refractivity contribution in [3.05, 3.63) is 64.7 Å². The molecule has 0 aliphatic heterocycles. The van der Waals surface area contributed by atoms with Crippen molar-refractivity contribution in [1.82, 2.24) is 0 Å². The van der Waals surface area contributed by atoms with Gasteiger partial charge in [-0.05, 0) is 30.2 Å². The van der Waals surface area contributed by atoms with Crippen LogP contribution >= 0.6 is 24.0 Å². The first-order valence-electron chi connectivity index (χ1n) is 7.26. The molecule has 2 aromatic carbocycles. The third kappa shape index (κ3) is 4.47. The summed E-state index contributed by atoms with van der Waals surface area (Å²) in [4.78, 5) is 14.3. The van der Waals surface area contributed by atoms with Crippen molar-refractivity contribution in [3.63, 3.8) is 0 Å². The van der Waals surface area contributed by atoms with Gasteiger partial charge in [0.15, 0.2) is 0 Å². The number of aryl methyl sites for hydroxylation is 1. The molecule has 0 saturated carbocycles. The summed E-state index contributed by atoms with van der Waals surface area (Å²) in [6.45, 7) is 3.79. The van der Waals surface area contributed by atoms with E-state index in [4.69, 9.17) is 17.3 Å². The number of halogens is 2. The van der Waals surface area contributed by atoms with E-state index in [2.05, 4.69) is 0 Å². The highest BCUT2D eigenvalue weighted by Crippen LogP contribution is 2.26. The maximum absolute atomic E-state index is 12.7. The molecular formula is C18H22Cl2N2O. The topological polar surface area (TPSA) is 46.3 Å². The van der Waals surface area contributed by atoms with Crippen LogP contribution in [0.1, 0.15) is 24.1 Å². The van der Waals surface area contributed by atoms with Crippen molar-refractivity contribution in [3.8, 4) is 0 Å². The molecule has 0 radical (unpaired) electrons. The molecule has 0 heterocycles. The zero-order valence-electron chi connectivity index (χ0n) is 13.5. The Hall–Kier alpha value is -1.55. The third-order valence-electron chi connectivity index (χ3n) is 3.99. The lowest BCUT2D eigenvalue weighted by Crippen LogP contribution is -2.37. The van der Waals surface area contributed by atoms with Crippen LogP contribution in [0.3, 0.4) is 0 Å². The van der Waals surface area contributed by atoms with E-state index in [1.54, 1.807) is 18.0 Å². The van der Waals surface area contributed by atoms with Crippen LogP contribution in [0.4, 0.5) is 5.69 Å². The quantitative estimate of drug-likeness (QED) is 0.887. The highest BCUT2D eigenvalue weighted by molar-refractivity contribution is 6.31. The van der Waals surface area contributed by atoms with Crippen molar-refractivity contribution in [2.24, 2.45) is 11.7 Å². The van der Waals surface area contributed by atoms with Crippen molar-refractivity contribution in [2.75, 3.05) is 11.9 Å². The summed E-state index contributed by atoms with van der Waals surface area (Å²) in [5.41, 5.74) is 8.95. The summed E-state index contributed by atoms with van der Waals surface area (Å²) >= 11 is 6.14. The second kappa shape index (κ2) is 8.34. The van der Waals surface area contributed by atoms with Gasteiger partial charge in [-0.2, -0.15) is 0 Å². The van der Waals surface area contributed by atoms with Crippen LogP contribution in [0.5, 0.6) is 0 Å². The molecule has 124 valence electrons. The molecule has 0 fully saturated rings. The maximum Gasteiger partial charge on any atom is 0.231 e. The van der Waals surface area contributed by atoms with Crippen LogP contribution in [-0.4, -0.2) is 13.0 Å². The molecule has 0 aliphatic rings. The van der Waals surface area contributed by atoms with E-state index in [1.807, 2.05) is 56.3 Å². The molecular weight excluding hydrogens is 331 g/mol. The predicted octanol–water partition coefficient (Wildman–Crippen LogP) is 4.37. The summed E-state index contributed by atoms with van der Waals surface area (Å²) < 4.78 is 0. The molecule has 2 atom stereocenters. The highest BCUT2D eigenvalue weighted by Gasteiger charge is 2.25. The van der Waals surface area contributed by atoms with E-state index in [-0.39, 0.29) is 30.3 Å². The molecule has 2 unspecified atom stereocenters. The number of rotatable bonds is 4. The zero-order valence-corrected chi connectivity index (χ0v) is 15.1. The van der Waals surface area contributed by atoms with E-state index in [9.17, 15) is 4.79 Å². The Balaban J connectivity index is 0.00000264. The molecule has 0 bridgehead atoms. The number of hydrogen-bond donors (Lipinski definition) is 1. The number of nitrogens with zero attached hydrogens (tertiary/aromatic N) is 1. The number of carbonyl (C=O) groups is 1. The fourth-order valence-corrected chi connectivity index (χ4v) is 2.52. The minimum Gasteiger partial charge on any atom is -0.323 e. The Morgan fingerprint density at radius 2 is 1.78 bits per heavy atom. The van der Waals surface area contributed by atoms with Crippen LogP contribution in [-0.2, 0) is 4.79 Å². The number of benzene rings is 2. The molecule has 2 N–H and O–H groups in total. The maximum atomic E-state index is 12.7. The van der Waals surface area contributed by atoms with Gasteiger partial charge in [0, 0.05) is 23.8 Å². The lowest BCUT2D eigenvalue weighted by atomic mass is 9.94. The van der Waals surface area contributed by atoms with Crippen LogP contribution in [0.15, 0.2) is 48.5 Å². The van der Waals surface area contributed by atoms with Crippen molar-refractivity contribution < 1.29 is 4.79 Å². The molecule has 2 rings (SSSR count). The van der Waals surface area contributed by atoms with Gasteiger partial charge in [-0.3, -0.25) is 4.79 Å². The second-order valence-corrected chi connectivity index (χ2v) is 5.96. The van der Waals surface area contributed by atoms with Crippen molar-refractivity contribution in [2.45, 2.75) is 19.9 Å². The Morgan fingerprint density at radius 3 is 2.35 bits per heavy atom. The number of nitrogens with two attached hydrogens (primary N) is 1. The monoisotopic (exact) mass is 352 g/mol. The number of anilines is 1. The summed E-state index contributed by atoms with van der Waals surface area (Å²) in [6, 6.07) is 14.9. The Bertz CT molecular complexity index is 661. The Morgan fingerprint density at radius 1 is 1.17 bits per heavy atom. The van der Waals surface area contributed by atoms with Gasteiger partial charge in [-0.15, -0.1) is 12.4 Å². The second-order valence-electron chi connectivity index (χ2n) is 5.56. The van der Waals surface area contributed by atoms with Gasteiger partial charge >= 0.3 is 0 Å². The molecule has 0 spiro atoms. The Kier molecular flexibility index (Phi) is 7.07. The van der Waals surface area contributed by atoms with E-state index in [0.29, 0.717) is 5.02 Å². The van der Waals surface area contributed by atoms with E-state index >= 15 is 0 Å². The van der Waals surface area contributed by atoms with Crippen molar-refractivity contribution >= 4 is 35.6 Å². The van der Waals surface area contributed by atoms with Gasteiger partial charge in [0.2, 0.25) is 5.91 Å². The molecule has 1 amide bonds. The molecule has 0 aliphatic carbocycles. The average Bonchev–Trinajstić information content (AvgIpc) is 2.55. The fourth-order valence-electron chi connectivity index (χ4n) is 2.34. The minimum atomic E-state index is -0.336. The van der Waals surface area contributed by atoms with E-state index in [1.165, 1.54) is 0 Å². The molecule has 2 aromatic rings. The first-order chi connectivity index (χ1) is 10.4. The standard InChI is InChI=1S/C18H21ClN2O.ClH/c1-12-9-10-15(11-16(12)19)21(3)18(22)13(2)17(20)14-7-5-4-6-8-14;/h4-11,13,17H,20H2,1-3H3;1H.